The van der Waals surface area contributed by atoms with Crippen molar-refractivity contribution in [1.29, 1.82) is 0 Å². The molecule has 0 aromatic rings. The Hall–Kier alpha value is -0.370. The highest BCUT2D eigenvalue weighted by molar-refractivity contribution is 5.85. The zero-order valence-electron chi connectivity index (χ0n) is 8.77. The number of carbonyl (C=O) groups is 1. The minimum atomic E-state index is -0.0760. The zero-order chi connectivity index (χ0) is 9.73. The molecule has 1 aliphatic rings. The number of ether oxygens (including phenoxy) is 1. The van der Waals surface area contributed by atoms with E-state index in [1.54, 1.807) is 0 Å². The molecular formula is C11H20O2. The lowest BCUT2D eigenvalue weighted by atomic mass is 9.73. The number of Topliss-reactive ketones (excluding diaryl/α,β-unsaturated/α-hetero) is 1. The molecule has 0 amide bonds. The van der Waals surface area contributed by atoms with Gasteiger partial charge in [0, 0.05) is 12.0 Å². The van der Waals surface area contributed by atoms with Crippen molar-refractivity contribution in [1.82, 2.24) is 0 Å². The molecule has 0 unspecified atom stereocenters. The summed E-state index contributed by atoms with van der Waals surface area (Å²) in [6.45, 7) is 4.97. The smallest absolute Gasteiger partial charge is 0.164 e. The maximum Gasteiger partial charge on any atom is 0.164 e. The molecule has 0 aromatic heterocycles. The van der Waals surface area contributed by atoms with Gasteiger partial charge in [-0.15, -0.1) is 0 Å². The molecular weight excluding hydrogens is 164 g/mol. The van der Waals surface area contributed by atoms with Gasteiger partial charge in [0.15, 0.2) is 5.78 Å². The van der Waals surface area contributed by atoms with Gasteiger partial charge in [-0.1, -0.05) is 26.2 Å². The van der Waals surface area contributed by atoms with Crippen molar-refractivity contribution in [3.05, 3.63) is 0 Å². The van der Waals surface area contributed by atoms with Crippen LogP contribution in [-0.2, 0) is 9.53 Å². The Morgan fingerprint density at radius 1 is 1.31 bits per heavy atom. The van der Waals surface area contributed by atoms with Gasteiger partial charge in [0.25, 0.3) is 0 Å². The second kappa shape index (κ2) is 4.75. The molecule has 0 bridgehead atoms. The molecule has 0 spiro atoms. The van der Waals surface area contributed by atoms with Gasteiger partial charge >= 0.3 is 0 Å². The van der Waals surface area contributed by atoms with Crippen LogP contribution in [0.3, 0.4) is 0 Å². The summed E-state index contributed by atoms with van der Waals surface area (Å²) in [6, 6.07) is 0. The number of rotatable bonds is 4. The molecule has 0 saturated heterocycles. The van der Waals surface area contributed by atoms with E-state index in [-0.39, 0.29) is 5.41 Å². The van der Waals surface area contributed by atoms with Crippen molar-refractivity contribution in [2.24, 2.45) is 5.41 Å². The second-order valence-corrected chi connectivity index (χ2v) is 4.18. The van der Waals surface area contributed by atoms with Crippen LogP contribution >= 0.6 is 0 Å². The van der Waals surface area contributed by atoms with Gasteiger partial charge in [-0.25, -0.2) is 0 Å². The lowest BCUT2D eigenvalue weighted by Gasteiger charge is -2.31. The first-order valence-electron chi connectivity index (χ1n) is 5.30. The van der Waals surface area contributed by atoms with Crippen LogP contribution in [-0.4, -0.2) is 19.0 Å². The topological polar surface area (TPSA) is 26.3 Å². The summed E-state index contributed by atoms with van der Waals surface area (Å²) in [5, 5.41) is 0. The monoisotopic (exact) mass is 184 g/mol. The molecule has 13 heavy (non-hydrogen) atoms. The molecule has 0 atom stereocenters. The minimum Gasteiger partial charge on any atom is -0.374 e. The van der Waals surface area contributed by atoms with Gasteiger partial charge in [-0.2, -0.15) is 0 Å². The minimum absolute atomic E-state index is 0.0760. The standard InChI is InChI=1S/C11H20O2/c1-3-13-9-10(12)11(2)7-5-4-6-8-11/h3-9H2,1-2H3. The highest BCUT2D eigenvalue weighted by Gasteiger charge is 2.33. The summed E-state index contributed by atoms with van der Waals surface area (Å²) in [5.41, 5.74) is -0.0760. The van der Waals surface area contributed by atoms with E-state index < -0.39 is 0 Å². The van der Waals surface area contributed by atoms with Crippen molar-refractivity contribution in [2.45, 2.75) is 46.0 Å². The highest BCUT2D eigenvalue weighted by atomic mass is 16.5. The molecule has 0 radical (unpaired) electrons. The fourth-order valence-corrected chi connectivity index (χ4v) is 1.98. The lowest BCUT2D eigenvalue weighted by Crippen LogP contribution is -2.33. The summed E-state index contributed by atoms with van der Waals surface area (Å²) < 4.78 is 5.16. The van der Waals surface area contributed by atoms with Crippen LogP contribution in [0.5, 0.6) is 0 Å². The first-order chi connectivity index (χ1) is 6.19. The average molecular weight is 184 g/mol. The largest absolute Gasteiger partial charge is 0.374 e. The molecule has 0 N–H and O–H groups in total. The summed E-state index contributed by atoms with van der Waals surface area (Å²) in [7, 11) is 0. The van der Waals surface area contributed by atoms with Gasteiger partial charge in [-0.05, 0) is 19.8 Å². The quantitative estimate of drug-likeness (QED) is 0.671. The van der Waals surface area contributed by atoms with Crippen LogP contribution < -0.4 is 0 Å². The molecule has 0 aromatic carbocycles. The van der Waals surface area contributed by atoms with Gasteiger partial charge in [0.1, 0.15) is 6.61 Å². The van der Waals surface area contributed by atoms with E-state index in [1.807, 2.05) is 6.92 Å². The summed E-state index contributed by atoms with van der Waals surface area (Å²) in [4.78, 5) is 11.8. The van der Waals surface area contributed by atoms with Gasteiger partial charge in [0.2, 0.25) is 0 Å². The molecule has 0 aliphatic heterocycles. The Morgan fingerprint density at radius 2 is 1.92 bits per heavy atom. The molecule has 1 rings (SSSR count). The third kappa shape index (κ3) is 2.80. The van der Waals surface area contributed by atoms with Crippen molar-refractivity contribution in [3.8, 4) is 0 Å². The van der Waals surface area contributed by atoms with Crippen molar-refractivity contribution < 1.29 is 9.53 Å². The highest BCUT2D eigenvalue weighted by Crippen LogP contribution is 2.36. The average Bonchev–Trinajstić information content (AvgIpc) is 2.15. The van der Waals surface area contributed by atoms with Crippen molar-refractivity contribution in [2.75, 3.05) is 13.2 Å². The Bertz CT molecular complexity index is 169. The summed E-state index contributed by atoms with van der Waals surface area (Å²) in [5.74, 6) is 0.300. The van der Waals surface area contributed by atoms with Crippen LogP contribution in [0.2, 0.25) is 0 Å². The van der Waals surface area contributed by atoms with Crippen LogP contribution in [0.1, 0.15) is 46.0 Å². The van der Waals surface area contributed by atoms with Gasteiger partial charge < -0.3 is 4.74 Å². The summed E-state index contributed by atoms with van der Waals surface area (Å²) in [6.07, 6.45) is 5.80. The lowest BCUT2D eigenvalue weighted by molar-refractivity contribution is -0.134. The molecule has 2 heteroatoms. The van der Waals surface area contributed by atoms with E-state index in [2.05, 4.69) is 6.92 Å². The maximum atomic E-state index is 11.8. The van der Waals surface area contributed by atoms with E-state index in [4.69, 9.17) is 4.74 Å². The first kappa shape index (κ1) is 10.7. The fourth-order valence-electron chi connectivity index (χ4n) is 1.98. The number of carbonyl (C=O) groups excluding carboxylic acids is 1. The first-order valence-corrected chi connectivity index (χ1v) is 5.30. The van der Waals surface area contributed by atoms with Crippen LogP contribution in [0.25, 0.3) is 0 Å². The summed E-state index contributed by atoms with van der Waals surface area (Å²) >= 11 is 0. The van der Waals surface area contributed by atoms with E-state index in [9.17, 15) is 4.79 Å². The molecule has 2 nitrogen and oxygen atoms in total. The predicted octanol–water partition coefficient (Wildman–Crippen LogP) is 2.56. The Balaban J connectivity index is 2.42. The Morgan fingerprint density at radius 3 is 2.46 bits per heavy atom. The molecule has 1 saturated carbocycles. The van der Waals surface area contributed by atoms with Crippen molar-refractivity contribution >= 4 is 5.78 Å². The van der Waals surface area contributed by atoms with E-state index in [0.717, 1.165) is 12.8 Å². The third-order valence-corrected chi connectivity index (χ3v) is 3.07. The zero-order valence-corrected chi connectivity index (χ0v) is 8.77. The van der Waals surface area contributed by atoms with E-state index in [0.29, 0.717) is 19.0 Å². The predicted molar refractivity (Wildman–Crippen MR) is 52.7 cm³/mol. The van der Waals surface area contributed by atoms with Crippen LogP contribution in [0.4, 0.5) is 0 Å². The number of ketones is 1. The van der Waals surface area contributed by atoms with Crippen LogP contribution in [0.15, 0.2) is 0 Å². The normalized spacial score (nSPS) is 21.4. The SMILES string of the molecule is CCOCC(=O)C1(C)CCCCC1. The van der Waals surface area contributed by atoms with Crippen LogP contribution in [0, 0.1) is 5.41 Å². The number of hydrogen-bond acceptors (Lipinski definition) is 2. The Labute approximate surface area is 80.7 Å². The maximum absolute atomic E-state index is 11.8. The van der Waals surface area contributed by atoms with E-state index >= 15 is 0 Å². The van der Waals surface area contributed by atoms with Crippen molar-refractivity contribution in [3.63, 3.8) is 0 Å². The fraction of sp³-hybridized carbons (Fsp3) is 0.909. The third-order valence-electron chi connectivity index (χ3n) is 3.07. The Kier molecular flexibility index (Phi) is 3.91. The molecule has 0 heterocycles. The second-order valence-electron chi connectivity index (χ2n) is 4.18. The van der Waals surface area contributed by atoms with E-state index in [1.165, 1.54) is 19.3 Å². The molecule has 1 fully saturated rings. The van der Waals surface area contributed by atoms with Gasteiger partial charge in [-0.3, -0.25) is 4.79 Å². The molecule has 76 valence electrons. The molecule has 1 aliphatic carbocycles. The number of hydrogen-bond donors (Lipinski definition) is 0. The van der Waals surface area contributed by atoms with Gasteiger partial charge in [0.05, 0.1) is 0 Å².